The Morgan fingerprint density at radius 2 is 2.05 bits per heavy atom. The molecule has 0 radical (unpaired) electrons. The van der Waals surface area contributed by atoms with Crippen molar-refractivity contribution in [3.05, 3.63) is 38.7 Å². The third kappa shape index (κ3) is 2.18. The molecule has 0 spiro atoms. The molecule has 1 unspecified atom stereocenters. The third-order valence-electron chi connectivity index (χ3n) is 2.98. The van der Waals surface area contributed by atoms with E-state index in [1.807, 2.05) is 0 Å². The van der Waals surface area contributed by atoms with Crippen molar-refractivity contribution in [1.29, 1.82) is 0 Å². The molecule has 1 atom stereocenters. The summed E-state index contributed by atoms with van der Waals surface area (Å²) in [6, 6.07) is 5.30. The number of carbonyl (C=O) groups excluding carboxylic acids is 1. The van der Waals surface area contributed by atoms with E-state index in [4.69, 9.17) is 28.9 Å². The summed E-state index contributed by atoms with van der Waals surface area (Å²) in [6.07, 6.45) is 0.290. The predicted octanol–water partition coefficient (Wildman–Crippen LogP) is 3.51. The number of nitrogens with one attached hydrogen (secondary N) is 1. The highest BCUT2D eigenvalue weighted by Crippen LogP contribution is 2.45. The second-order valence-electron chi connectivity index (χ2n) is 4.21. The summed E-state index contributed by atoms with van der Waals surface area (Å²) in [5.74, 6) is 0.207. The first kappa shape index (κ1) is 12.7. The quantitative estimate of drug-likeness (QED) is 0.846. The van der Waals surface area contributed by atoms with Crippen molar-refractivity contribution in [2.75, 3.05) is 11.1 Å². The Balaban J connectivity index is 2.18. The summed E-state index contributed by atoms with van der Waals surface area (Å²) >= 11 is 13.8. The van der Waals surface area contributed by atoms with E-state index < -0.39 is 0 Å². The Hall–Kier alpha value is -1.30. The van der Waals surface area contributed by atoms with Crippen molar-refractivity contribution in [2.24, 2.45) is 0 Å². The van der Waals surface area contributed by atoms with Crippen LogP contribution in [0.4, 0.5) is 10.9 Å². The van der Waals surface area contributed by atoms with Crippen molar-refractivity contribution < 1.29 is 4.79 Å². The number of nitrogens with two attached hydrogens (primary N) is 1. The first-order valence-corrected chi connectivity index (χ1v) is 7.13. The maximum atomic E-state index is 11.8. The van der Waals surface area contributed by atoms with E-state index in [1.54, 1.807) is 18.2 Å². The van der Waals surface area contributed by atoms with Crippen LogP contribution in [0.3, 0.4) is 0 Å². The highest BCUT2D eigenvalue weighted by atomic mass is 35.5. The third-order valence-corrected chi connectivity index (χ3v) is 4.64. The molecule has 4 nitrogen and oxygen atoms in total. The fraction of sp³-hybridized carbons (Fsp3) is 0.167. The molecule has 2 aromatic rings. The van der Waals surface area contributed by atoms with Crippen LogP contribution >= 0.6 is 34.5 Å². The molecule has 0 fully saturated rings. The number of benzene rings is 1. The van der Waals surface area contributed by atoms with Gasteiger partial charge in [0, 0.05) is 22.4 Å². The van der Waals surface area contributed by atoms with Crippen molar-refractivity contribution in [1.82, 2.24) is 4.98 Å². The van der Waals surface area contributed by atoms with E-state index in [-0.39, 0.29) is 18.2 Å². The first-order valence-electron chi connectivity index (χ1n) is 5.56. The molecule has 1 aromatic carbocycles. The second-order valence-corrected chi connectivity index (χ2v) is 6.08. The van der Waals surface area contributed by atoms with Gasteiger partial charge < -0.3 is 11.1 Å². The number of amides is 1. The minimum Gasteiger partial charge on any atom is -0.375 e. The van der Waals surface area contributed by atoms with Crippen LogP contribution in [-0.4, -0.2) is 10.9 Å². The van der Waals surface area contributed by atoms with Gasteiger partial charge in [-0.05, 0) is 17.7 Å². The molecule has 0 aliphatic carbocycles. The molecule has 19 heavy (non-hydrogen) atoms. The maximum absolute atomic E-state index is 11.8. The van der Waals surface area contributed by atoms with Gasteiger partial charge in [0.2, 0.25) is 5.91 Å². The van der Waals surface area contributed by atoms with Gasteiger partial charge in [0.05, 0.1) is 4.88 Å². The standard InChI is InChI=1S/C12H9Cl2N3OS/c13-6-2-1-3-7(14)9(6)5-4-8(18)16-11-10(5)19-12(15)17-11/h1-3,5H,4H2,(H2,15,17)(H,16,18). The van der Waals surface area contributed by atoms with Gasteiger partial charge in [-0.1, -0.05) is 40.6 Å². The van der Waals surface area contributed by atoms with E-state index >= 15 is 0 Å². The second kappa shape index (κ2) is 4.67. The molecule has 0 bridgehead atoms. The number of thiazole rings is 1. The lowest BCUT2D eigenvalue weighted by atomic mass is 9.91. The smallest absolute Gasteiger partial charge is 0.226 e. The zero-order valence-electron chi connectivity index (χ0n) is 9.61. The number of halogens is 2. The Bertz CT molecular complexity index is 651. The van der Waals surface area contributed by atoms with Crippen molar-refractivity contribution in [3.8, 4) is 0 Å². The SMILES string of the molecule is Nc1nc2c(s1)C(c1c(Cl)cccc1Cl)CC(=O)N2. The fourth-order valence-electron chi connectivity index (χ4n) is 2.21. The van der Waals surface area contributed by atoms with E-state index in [0.717, 1.165) is 10.4 Å². The van der Waals surface area contributed by atoms with Gasteiger partial charge in [-0.25, -0.2) is 4.98 Å². The average Bonchev–Trinajstić information content (AvgIpc) is 2.69. The number of fused-ring (bicyclic) bond motifs is 1. The number of carbonyl (C=O) groups is 1. The van der Waals surface area contributed by atoms with Gasteiger partial charge >= 0.3 is 0 Å². The van der Waals surface area contributed by atoms with Crippen molar-refractivity contribution in [2.45, 2.75) is 12.3 Å². The Kier molecular flexibility index (Phi) is 3.12. The molecule has 1 aliphatic rings. The highest BCUT2D eigenvalue weighted by molar-refractivity contribution is 7.16. The molecular formula is C12H9Cl2N3OS. The summed E-state index contributed by atoms with van der Waals surface area (Å²) < 4.78 is 0. The molecule has 0 saturated carbocycles. The zero-order valence-corrected chi connectivity index (χ0v) is 11.9. The maximum Gasteiger partial charge on any atom is 0.226 e. The van der Waals surface area contributed by atoms with Crippen LogP contribution in [0.1, 0.15) is 22.8 Å². The van der Waals surface area contributed by atoms with Crippen LogP contribution in [-0.2, 0) is 4.79 Å². The molecule has 3 rings (SSSR count). The normalized spacial score (nSPS) is 18.0. The number of nitrogen functional groups attached to an aromatic ring is 1. The van der Waals surface area contributed by atoms with Crippen molar-refractivity contribution in [3.63, 3.8) is 0 Å². The predicted molar refractivity (Wildman–Crippen MR) is 78.1 cm³/mol. The van der Waals surface area contributed by atoms with Crippen LogP contribution in [0.5, 0.6) is 0 Å². The van der Waals surface area contributed by atoms with Gasteiger partial charge in [-0.2, -0.15) is 0 Å². The lowest BCUT2D eigenvalue weighted by molar-refractivity contribution is -0.116. The van der Waals surface area contributed by atoms with Crippen LogP contribution in [0, 0.1) is 0 Å². The number of anilines is 2. The number of nitrogens with zero attached hydrogens (tertiary/aromatic N) is 1. The van der Waals surface area contributed by atoms with E-state index in [0.29, 0.717) is 21.0 Å². The minimum absolute atomic E-state index is 0.112. The largest absolute Gasteiger partial charge is 0.375 e. The first-order chi connectivity index (χ1) is 9.06. The van der Waals surface area contributed by atoms with Gasteiger partial charge in [0.15, 0.2) is 5.13 Å². The summed E-state index contributed by atoms with van der Waals surface area (Å²) in [5.41, 5.74) is 6.47. The van der Waals surface area contributed by atoms with Crippen LogP contribution in [0.25, 0.3) is 0 Å². The van der Waals surface area contributed by atoms with Gasteiger partial charge in [-0.3, -0.25) is 4.79 Å². The fourth-order valence-corrected chi connectivity index (χ4v) is 3.77. The van der Waals surface area contributed by atoms with Gasteiger partial charge in [-0.15, -0.1) is 0 Å². The summed E-state index contributed by atoms with van der Waals surface area (Å²) in [7, 11) is 0. The van der Waals surface area contributed by atoms with E-state index in [9.17, 15) is 4.79 Å². The summed E-state index contributed by atoms with van der Waals surface area (Å²) in [5, 5.41) is 4.22. The van der Waals surface area contributed by atoms with E-state index in [2.05, 4.69) is 10.3 Å². The Morgan fingerprint density at radius 1 is 1.37 bits per heavy atom. The van der Waals surface area contributed by atoms with E-state index in [1.165, 1.54) is 11.3 Å². The Morgan fingerprint density at radius 3 is 2.74 bits per heavy atom. The van der Waals surface area contributed by atoms with Crippen LogP contribution < -0.4 is 11.1 Å². The van der Waals surface area contributed by atoms with Gasteiger partial charge in [0.25, 0.3) is 0 Å². The molecule has 1 aliphatic heterocycles. The van der Waals surface area contributed by atoms with Crippen LogP contribution in [0.2, 0.25) is 10.0 Å². The minimum atomic E-state index is -0.195. The molecule has 2 heterocycles. The number of rotatable bonds is 1. The molecule has 0 saturated heterocycles. The molecule has 1 aromatic heterocycles. The highest BCUT2D eigenvalue weighted by Gasteiger charge is 2.32. The number of hydrogen-bond acceptors (Lipinski definition) is 4. The molecule has 1 amide bonds. The average molecular weight is 314 g/mol. The molecular weight excluding hydrogens is 305 g/mol. The number of aromatic nitrogens is 1. The molecule has 98 valence electrons. The molecule has 7 heteroatoms. The monoisotopic (exact) mass is 313 g/mol. The number of hydrogen-bond donors (Lipinski definition) is 2. The lowest BCUT2D eigenvalue weighted by Crippen LogP contribution is -2.23. The zero-order chi connectivity index (χ0) is 13.6. The van der Waals surface area contributed by atoms with Crippen LogP contribution in [0.15, 0.2) is 18.2 Å². The molecule has 3 N–H and O–H groups in total. The summed E-state index contributed by atoms with van der Waals surface area (Å²) in [6.45, 7) is 0. The Labute approximate surface area is 123 Å². The topological polar surface area (TPSA) is 68.0 Å². The lowest BCUT2D eigenvalue weighted by Gasteiger charge is -2.23. The van der Waals surface area contributed by atoms with Gasteiger partial charge in [0.1, 0.15) is 5.82 Å². The summed E-state index contributed by atoms with van der Waals surface area (Å²) in [4.78, 5) is 16.8. The van der Waals surface area contributed by atoms with Crippen molar-refractivity contribution >= 4 is 51.4 Å².